The second-order valence-corrected chi connectivity index (χ2v) is 6.91. The van der Waals surface area contributed by atoms with Crippen molar-refractivity contribution < 1.29 is 4.79 Å². The molecular formula is C25H23N5O. The Bertz CT molecular complexity index is 1140. The van der Waals surface area contributed by atoms with Crippen LogP contribution in [0.15, 0.2) is 102 Å². The van der Waals surface area contributed by atoms with Crippen molar-refractivity contribution in [1.82, 2.24) is 15.3 Å². The molecule has 0 fully saturated rings. The summed E-state index contributed by atoms with van der Waals surface area (Å²) in [6.07, 6.45) is 4.11. The van der Waals surface area contributed by atoms with E-state index in [0.29, 0.717) is 24.5 Å². The minimum atomic E-state index is -0.217. The number of aromatic nitrogens is 2. The lowest BCUT2D eigenvalue weighted by atomic mass is 10.0. The number of carbonyl (C=O) groups is 1. The molecule has 1 aromatic heterocycles. The summed E-state index contributed by atoms with van der Waals surface area (Å²) in [6.45, 7) is 0.493. The summed E-state index contributed by atoms with van der Waals surface area (Å²) in [6, 6.07) is 27.2. The molecule has 3 aromatic carbocycles. The molecule has 154 valence electrons. The number of benzene rings is 3. The number of rotatable bonds is 6. The zero-order valence-corrected chi connectivity index (χ0v) is 17.0. The smallest absolute Gasteiger partial charge is 0.257 e. The van der Waals surface area contributed by atoms with Crippen molar-refractivity contribution in [3.8, 4) is 11.1 Å². The van der Waals surface area contributed by atoms with Gasteiger partial charge in [0.1, 0.15) is 0 Å². The van der Waals surface area contributed by atoms with Gasteiger partial charge in [-0.1, -0.05) is 66.7 Å². The molecule has 0 aliphatic heterocycles. The number of carbonyl (C=O) groups excluding carboxylic acids is 1. The number of hydrogen-bond acceptors (Lipinski definition) is 3. The first kappa shape index (κ1) is 20.1. The highest BCUT2D eigenvalue weighted by molar-refractivity contribution is 6.10. The maximum absolute atomic E-state index is 12.7. The van der Waals surface area contributed by atoms with Gasteiger partial charge in [-0.05, 0) is 23.8 Å². The fourth-order valence-electron chi connectivity index (χ4n) is 3.18. The summed E-state index contributed by atoms with van der Waals surface area (Å²) in [5.41, 5.74) is 4.53. The van der Waals surface area contributed by atoms with Crippen LogP contribution in [0, 0.1) is 0 Å². The zero-order chi connectivity index (χ0) is 21.3. The molecule has 0 radical (unpaired) electrons. The predicted octanol–water partition coefficient (Wildman–Crippen LogP) is 4.52. The van der Waals surface area contributed by atoms with Crippen molar-refractivity contribution in [2.24, 2.45) is 4.99 Å². The van der Waals surface area contributed by atoms with Gasteiger partial charge in [0.05, 0.1) is 6.33 Å². The SMILES string of the molecule is O=C(NC(=NCCc1cnc[nH]1)Nc1ccccc1-c1ccccc1)c1ccccc1. The number of guanidine groups is 1. The molecule has 4 aromatic rings. The van der Waals surface area contributed by atoms with Gasteiger partial charge in [-0.25, -0.2) is 4.98 Å². The minimum absolute atomic E-state index is 0.217. The molecule has 0 saturated heterocycles. The Labute approximate surface area is 181 Å². The molecule has 0 aliphatic rings. The highest BCUT2D eigenvalue weighted by Gasteiger charge is 2.11. The van der Waals surface area contributed by atoms with Crippen LogP contribution < -0.4 is 10.6 Å². The first-order chi connectivity index (χ1) is 15.3. The standard InChI is InChI=1S/C25H23N5O/c31-24(20-11-5-2-6-12-20)30-25(27-16-15-21-17-26-18-28-21)29-23-14-8-7-13-22(23)19-9-3-1-4-10-19/h1-14,17-18H,15-16H2,(H,26,28)(H2,27,29,30,31). The van der Waals surface area contributed by atoms with Crippen LogP contribution in [-0.2, 0) is 6.42 Å². The number of nitrogens with one attached hydrogen (secondary N) is 3. The average molecular weight is 409 g/mol. The quantitative estimate of drug-likeness (QED) is 0.323. The first-order valence-corrected chi connectivity index (χ1v) is 10.1. The second kappa shape index (κ2) is 10.0. The third kappa shape index (κ3) is 5.45. The molecule has 0 atom stereocenters. The maximum atomic E-state index is 12.7. The van der Waals surface area contributed by atoms with Gasteiger partial charge in [0, 0.05) is 41.7 Å². The molecule has 0 spiro atoms. The monoisotopic (exact) mass is 409 g/mol. The number of aliphatic imine (C=N–C) groups is 1. The number of H-pyrrole nitrogens is 1. The highest BCUT2D eigenvalue weighted by atomic mass is 16.1. The molecular weight excluding hydrogens is 386 g/mol. The first-order valence-electron chi connectivity index (χ1n) is 10.1. The molecule has 0 bridgehead atoms. The Morgan fingerprint density at radius 1 is 0.903 bits per heavy atom. The predicted molar refractivity (Wildman–Crippen MR) is 124 cm³/mol. The van der Waals surface area contributed by atoms with E-state index >= 15 is 0 Å². The van der Waals surface area contributed by atoms with Crippen LogP contribution in [0.25, 0.3) is 11.1 Å². The highest BCUT2D eigenvalue weighted by Crippen LogP contribution is 2.27. The Morgan fingerprint density at radius 3 is 2.35 bits per heavy atom. The molecule has 3 N–H and O–H groups in total. The largest absolute Gasteiger partial charge is 0.348 e. The molecule has 1 amide bonds. The number of nitrogens with zero attached hydrogens (tertiary/aromatic N) is 2. The molecule has 1 heterocycles. The topological polar surface area (TPSA) is 82.2 Å². The van der Waals surface area contributed by atoms with E-state index in [2.05, 4.69) is 37.7 Å². The van der Waals surface area contributed by atoms with Crippen LogP contribution in [0.4, 0.5) is 5.69 Å². The number of para-hydroxylation sites is 1. The summed E-state index contributed by atoms with van der Waals surface area (Å²) in [7, 11) is 0. The number of anilines is 1. The van der Waals surface area contributed by atoms with Crippen LogP contribution in [0.1, 0.15) is 16.1 Å². The van der Waals surface area contributed by atoms with E-state index in [4.69, 9.17) is 0 Å². The Balaban J connectivity index is 1.58. The molecule has 6 nitrogen and oxygen atoms in total. The van der Waals surface area contributed by atoms with Crippen LogP contribution in [0.3, 0.4) is 0 Å². The zero-order valence-electron chi connectivity index (χ0n) is 17.0. The summed E-state index contributed by atoms with van der Waals surface area (Å²) in [5, 5.41) is 6.23. The number of amides is 1. The summed E-state index contributed by atoms with van der Waals surface area (Å²) in [4.78, 5) is 24.5. The van der Waals surface area contributed by atoms with Crippen molar-refractivity contribution in [2.45, 2.75) is 6.42 Å². The Kier molecular flexibility index (Phi) is 6.50. The summed E-state index contributed by atoms with van der Waals surface area (Å²) in [5.74, 6) is 0.183. The lowest BCUT2D eigenvalue weighted by molar-refractivity contribution is 0.0977. The fourth-order valence-corrected chi connectivity index (χ4v) is 3.18. The lowest BCUT2D eigenvalue weighted by Gasteiger charge is -2.15. The van der Waals surface area contributed by atoms with Crippen molar-refractivity contribution >= 4 is 17.6 Å². The minimum Gasteiger partial charge on any atom is -0.348 e. The van der Waals surface area contributed by atoms with Gasteiger partial charge >= 0.3 is 0 Å². The third-order valence-corrected chi connectivity index (χ3v) is 4.74. The van der Waals surface area contributed by atoms with E-state index < -0.39 is 0 Å². The van der Waals surface area contributed by atoms with Crippen LogP contribution >= 0.6 is 0 Å². The molecule has 0 saturated carbocycles. The normalized spacial score (nSPS) is 11.2. The molecule has 0 aliphatic carbocycles. The van der Waals surface area contributed by atoms with E-state index in [1.165, 1.54) is 0 Å². The van der Waals surface area contributed by atoms with E-state index in [1.54, 1.807) is 24.7 Å². The van der Waals surface area contributed by atoms with Gasteiger partial charge in [-0.2, -0.15) is 0 Å². The second-order valence-electron chi connectivity index (χ2n) is 6.91. The molecule has 31 heavy (non-hydrogen) atoms. The van der Waals surface area contributed by atoms with Gasteiger partial charge in [-0.3, -0.25) is 15.1 Å². The molecule has 6 heteroatoms. The number of imidazole rings is 1. The Morgan fingerprint density at radius 2 is 1.61 bits per heavy atom. The fraction of sp³-hybridized carbons (Fsp3) is 0.0800. The van der Waals surface area contributed by atoms with Gasteiger partial charge < -0.3 is 10.3 Å². The number of hydrogen-bond donors (Lipinski definition) is 3. The van der Waals surface area contributed by atoms with E-state index in [9.17, 15) is 4.79 Å². The van der Waals surface area contributed by atoms with Gasteiger partial charge in [0.25, 0.3) is 5.91 Å². The van der Waals surface area contributed by atoms with E-state index in [-0.39, 0.29) is 5.91 Å². The molecule has 4 rings (SSSR count). The van der Waals surface area contributed by atoms with E-state index in [0.717, 1.165) is 22.5 Å². The Hall–Kier alpha value is -4.19. The van der Waals surface area contributed by atoms with Crippen molar-refractivity contribution in [2.75, 3.05) is 11.9 Å². The lowest BCUT2D eigenvalue weighted by Crippen LogP contribution is -2.36. The van der Waals surface area contributed by atoms with Crippen LogP contribution in [0.2, 0.25) is 0 Å². The van der Waals surface area contributed by atoms with Gasteiger partial charge in [0.15, 0.2) is 0 Å². The van der Waals surface area contributed by atoms with Gasteiger partial charge in [-0.15, -0.1) is 0 Å². The van der Waals surface area contributed by atoms with Crippen molar-refractivity contribution in [3.05, 3.63) is 109 Å². The van der Waals surface area contributed by atoms with Gasteiger partial charge in [0.2, 0.25) is 5.96 Å². The summed E-state index contributed by atoms with van der Waals surface area (Å²) >= 11 is 0. The third-order valence-electron chi connectivity index (χ3n) is 4.74. The number of aromatic amines is 1. The summed E-state index contributed by atoms with van der Waals surface area (Å²) < 4.78 is 0. The maximum Gasteiger partial charge on any atom is 0.257 e. The van der Waals surface area contributed by atoms with E-state index in [1.807, 2.05) is 60.7 Å². The van der Waals surface area contributed by atoms with Crippen molar-refractivity contribution in [3.63, 3.8) is 0 Å². The van der Waals surface area contributed by atoms with Crippen LogP contribution in [0.5, 0.6) is 0 Å². The molecule has 0 unspecified atom stereocenters. The average Bonchev–Trinajstić information content (AvgIpc) is 3.34. The van der Waals surface area contributed by atoms with Crippen molar-refractivity contribution in [1.29, 1.82) is 0 Å². The van der Waals surface area contributed by atoms with Crippen LogP contribution in [-0.4, -0.2) is 28.4 Å².